The molecule has 0 aromatic heterocycles. The first kappa shape index (κ1) is 15.1. The Balaban J connectivity index is 2.70. The number of rotatable bonds is 6. The molecule has 3 N–H and O–H groups in total. The van der Waals surface area contributed by atoms with E-state index in [0.717, 1.165) is 29.7 Å². The summed E-state index contributed by atoms with van der Waals surface area (Å²) >= 11 is 3.37. The smallest absolute Gasteiger partial charge is 0.124 e. The first-order chi connectivity index (χ1) is 8.43. The largest absolute Gasteiger partial charge is 0.387 e. The van der Waals surface area contributed by atoms with E-state index in [1.54, 1.807) is 6.07 Å². The first-order valence-electron chi connectivity index (χ1n) is 5.94. The highest BCUT2D eigenvalue weighted by atomic mass is 79.9. The van der Waals surface area contributed by atoms with E-state index in [-0.39, 0.29) is 17.6 Å². The molecular formula is C13H19BrFN3. The van der Waals surface area contributed by atoms with Crippen LogP contribution in [0.1, 0.15) is 19.4 Å². The van der Waals surface area contributed by atoms with Gasteiger partial charge in [0.15, 0.2) is 0 Å². The number of amidine groups is 1. The van der Waals surface area contributed by atoms with Crippen LogP contribution < -0.4 is 5.73 Å². The summed E-state index contributed by atoms with van der Waals surface area (Å²) in [5.41, 5.74) is 6.52. The van der Waals surface area contributed by atoms with Crippen molar-refractivity contribution in [2.24, 2.45) is 11.7 Å². The summed E-state index contributed by atoms with van der Waals surface area (Å²) in [5, 5.41) is 7.41. The van der Waals surface area contributed by atoms with E-state index < -0.39 is 0 Å². The lowest BCUT2D eigenvalue weighted by atomic mass is 10.1. The predicted octanol–water partition coefficient (Wildman–Crippen LogP) is 2.98. The summed E-state index contributed by atoms with van der Waals surface area (Å²) in [7, 11) is 0. The van der Waals surface area contributed by atoms with Crippen molar-refractivity contribution in [1.82, 2.24) is 4.90 Å². The molecule has 0 fully saturated rings. The highest BCUT2D eigenvalue weighted by molar-refractivity contribution is 9.10. The van der Waals surface area contributed by atoms with E-state index >= 15 is 0 Å². The lowest BCUT2D eigenvalue weighted by molar-refractivity contribution is 0.262. The first-order valence-corrected chi connectivity index (χ1v) is 6.73. The van der Waals surface area contributed by atoms with Crippen LogP contribution >= 0.6 is 15.9 Å². The van der Waals surface area contributed by atoms with Crippen molar-refractivity contribution < 1.29 is 4.39 Å². The second-order valence-corrected chi connectivity index (χ2v) is 5.27. The molecule has 3 nitrogen and oxygen atoms in total. The number of nitrogens with two attached hydrogens (primary N) is 1. The van der Waals surface area contributed by atoms with Gasteiger partial charge in [0.2, 0.25) is 0 Å². The summed E-state index contributed by atoms with van der Waals surface area (Å²) in [6.07, 6.45) is 0. The van der Waals surface area contributed by atoms with Gasteiger partial charge in [0.25, 0.3) is 0 Å². The van der Waals surface area contributed by atoms with E-state index in [2.05, 4.69) is 27.8 Å². The second-order valence-electron chi connectivity index (χ2n) is 4.42. The molecule has 0 saturated carbocycles. The highest BCUT2D eigenvalue weighted by Gasteiger charge is 2.13. The van der Waals surface area contributed by atoms with E-state index in [4.69, 9.17) is 11.1 Å². The summed E-state index contributed by atoms with van der Waals surface area (Å²) < 4.78 is 13.8. The minimum atomic E-state index is -0.245. The normalized spacial score (nSPS) is 12.7. The molecule has 1 aromatic rings. The Bertz CT molecular complexity index is 423. The van der Waals surface area contributed by atoms with E-state index in [1.807, 2.05) is 6.92 Å². The van der Waals surface area contributed by atoms with Crippen LogP contribution in [0.25, 0.3) is 0 Å². The maximum Gasteiger partial charge on any atom is 0.124 e. The number of nitrogens with one attached hydrogen (secondary N) is 1. The number of nitrogens with zero attached hydrogens (tertiary/aromatic N) is 1. The number of hydrogen-bond donors (Lipinski definition) is 2. The summed E-state index contributed by atoms with van der Waals surface area (Å²) in [6, 6.07) is 4.71. The molecule has 0 saturated heterocycles. The van der Waals surface area contributed by atoms with Crippen LogP contribution in [0.2, 0.25) is 0 Å². The average Bonchev–Trinajstić information content (AvgIpc) is 2.31. The number of benzene rings is 1. The predicted molar refractivity (Wildman–Crippen MR) is 76.1 cm³/mol. The van der Waals surface area contributed by atoms with Crippen LogP contribution in [0.5, 0.6) is 0 Å². The van der Waals surface area contributed by atoms with Gasteiger partial charge in [0.1, 0.15) is 5.82 Å². The van der Waals surface area contributed by atoms with Gasteiger partial charge in [0.05, 0.1) is 5.84 Å². The van der Waals surface area contributed by atoms with Crippen molar-refractivity contribution in [3.05, 3.63) is 34.1 Å². The van der Waals surface area contributed by atoms with Crippen LogP contribution in [0.4, 0.5) is 4.39 Å². The van der Waals surface area contributed by atoms with Crippen LogP contribution in [-0.4, -0.2) is 23.8 Å². The van der Waals surface area contributed by atoms with Crippen molar-refractivity contribution in [1.29, 1.82) is 5.41 Å². The molecule has 0 heterocycles. The Morgan fingerprint density at radius 3 is 2.72 bits per heavy atom. The van der Waals surface area contributed by atoms with Crippen LogP contribution in [0.15, 0.2) is 22.7 Å². The van der Waals surface area contributed by atoms with Gasteiger partial charge in [0, 0.05) is 23.5 Å². The van der Waals surface area contributed by atoms with E-state index in [1.165, 1.54) is 12.1 Å². The SMILES string of the molecule is CCN(Cc1ccc(F)cc1Br)CC(C)C(=N)N. The van der Waals surface area contributed by atoms with E-state index in [0.29, 0.717) is 0 Å². The molecule has 1 atom stereocenters. The van der Waals surface area contributed by atoms with Gasteiger partial charge in [-0.2, -0.15) is 0 Å². The summed E-state index contributed by atoms with van der Waals surface area (Å²) in [5.74, 6) is -0.0124. The quantitative estimate of drug-likeness (QED) is 0.626. The Kier molecular flexibility index (Phi) is 5.75. The topological polar surface area (TPSA) is 53.1 Å². The van der Waals surface area contributed by atoms with Gasteiger partial charge in [-0.15, -0.1) is 0 Å². The second kappa shape index (κ2) is 6.85. The third-order valence-electron chi connectivity index (χ3n) is 2.92. The molecule has 1 rings (SSSR count). The third-order valence-corrected chi connectivity index (χ3v) is 3.66. The fourth-order valence-electron chi connectivity index (χ4n) is 1.68. The Labute approximate surface area is 116 Å². The molecule has 0 radical (unpaired) electrons. The molecule has 0 aliphatic carbocycles. The third kappa shape index (κ3) is 4.38. The molecule has 5 heteroatoms. The molecule has 0 aliphatic heterocycles. The molecule has 0 bridgehead atoms. The van der Waals surface area contributed by atoms with Gasteiger partial charge >= 0.3 is 0 Å². The average molecular weight is 316 g/mol. The molecule has 100 valence electrons. The number of halogens is 2. The molecule has 1 unspecified atom stereocenters. The van der Waals surface area contributed by atoms with Crippen LogP contribution in [0.3, 0.4) is 0 Å². The lowest BCUT2D eigenvalue weighted by Gasteiger charge is -2.24. The van der Waals surface area contributed by atoms with Crippen molar-refractivity contribution >= 4 is 21.8 Å². The fourth-order valence-corrected chi connectivity index (χ4v) is 2.16. The van der Waals surface area contributed by atoms with Crippen molar-refractivity contribution in [3.63, 3.8) is 0 Å². The Morgan fingerprint density at radius 2 is 2.22 bits per heavy atom. The summed E-state index contributed by atoms with van der Waals surface area (Å²) in [4.78, 5) is 2.18. The van der Waals surface area contributed by atoms with Gasteiger partial charge < -0.3 is 5.73 Å². The highest BCUT2D eigenvalue weighted by Crippen LogP contribution is 2.20. The van der Waals surface area contributed by atoms with Crippen molar-refractivity contribution in [2.75, 3.05) is 13.1 Å². The van der Waals surface area contributed by atoms with E-state index in [9.17, 15) is 4.39 Å². The zero-order valence-electron chi connectivity index (χ0n) is 10.7. The fraction of sp³-hybridized carbons (Fsp3) is 0.462. The molecule has 0 spiro atoms. The molecular weight excluding hydrogens is 297 g/mol. The Hall–Kier alpha value is -0.940. The van der Waals surface area contributed by atoms with Crippen molar-refractivity contribution in [2.45, 2.75) is 20.4 Å². The standard InChI is InChI=1S/C13H19BrFN3/c1-3-18(7-9(2)13(16)17)8-10-4-5-11(15)6-12(10)14/h4-6,9H,3,7-8H2,1-2H3,(H3,16,17). The minimum Gasteiger partial charge on any atom is -0.387 e. The molecule has 1 aromatic carbocycles. The monoisotopic (exact) mass is 315 g/mol. The number of hydrogen-bond acceptors (Lipinski definition) is 2. The molecule has 0 amide bonds. The van der Waals surface area contributed by atoms with Crippen molar-refractivity contribution in [3.8, 4) is 0 Å². The maximum absolute atomic E-state index is 13.0. The van der Waals surface area contributed by atoms with Gasteiger partial charge in [-0.1, -0.05) is 35.8 Å². The van der Waals surface area contributed by atoms with Gasteiger partial charge in [-0.05, 0) is 24.2 Å². The minimum absolute atomic E-state index is 0.0316. The summed E-state index contributed by atoms with van der Waals surface area (Å²) in [6.45, 7) is 6.31. The lowest BCUT2D eigenvalue weighted by Crippen LogP contribution is -2.34. The Morgan fingerprint density at radius 1 is 1.56 bits per heavy atom. The maximum atomic E-state index is 13.0. The molecule has 0 aliphatic rings. The van der Waals surface area contributed by atoms with Gasteiger partial charge in [-0.3, -0.25) is 10.3 Å². The van der Waals surface area contributed by atoms with Gasteiger partial charge in [-0.25, -0.2) is 4.39 Å². The zero-order chi connectivity index (χ0) is 13.7. The van der Waals surface area contributed by atoms with Crippen LogP contribution in [-0.2, 0) is 6.54 Å². The van der Waals surface area contributed by atoms with Crippen LogP contribution in [0, 0.1) is 17.1 Å². The zero-order valence-corrected chi connectivity index (χ0v) is 12.3. The molecule has 18 heavy (non-hydrogen) atoms.